The van der Waals surface area contributed by atoms with E-state index in [1.54, 1.807) is 16.7 Å². The van der Waals surface area contributed by atoms with E-state index in [-0.39, 0.29) is 26.9 Å². The highest BCUT2D eigenvalue weighted by atomic mass is 35.5. The van der Waals surface area contributed by atoms with Gasteiger partial charge < -0.3 is 0 Å². The Morgan fingerprint density at radius 1 is 0.865 bits per heavy atom. The molecule has 4 aromatic rings. The molecule has 1 aliphatic rings. The van der Waals surface area contributed by atoms with Crippen molar-refractivity contribution in [1.29, 1.82) is 0 Å². The van der Waals surface area contributed by atoms with Gasteiger partial charge in [-0.05, 0) is 66.9 Å². The van der Waals surface area contributed by atoms with Crippen molar-refractivity contribution in [2.45, 2.75) is 35.6 Å². The molecule has 0 atom stereocenters. The molecule has 1 aromatic heterocycles. The van der Waals surface area contributed by atoms with Gasteiger partial charge in [0.1, 0.15) is 0 Å². The zero-order valence-electron chi connectivity index (χ0n) is 19.6. The van der Waals surface area contributed by atoms with E-state index in [0.717, 1.165) is 36.2 Å². The first kappa shape index (κ1) is 25.9. The van der Waals surface area contributed by atoms with Gasteiger partial charge in [0.05, 0.1) is 26.6 Å². The number of halogens is 1. The molecule has 0 spiro atoms. The maximum Gasteiger partial charge on any atom is 0.308 e. The lowest BCUT2D eigenvalue weighted by Crippen LogP contribution is -2.35. The van der Waals surface area contributed by atoms with Gasteiger partial charge in [0.2, 0.25) is 10.0 Å². The first-order valence-corrected chi connectivity index (χ1v) is 15.8. The van der Waals surface area contributed by atoms with Crippen molar-refractivity contribution in [1.82, 2.24) is 8.87 Å². The largest absolute Gasteiger partial charge is 0.308 e. The molecule has 2 heterocycles. The van der Waals surface area contributed by atoms with Gasteiger partial charge in [0.25, 0.3) is 10.0 Å². The molecular formula is C25H24ClN3O5S3. The number of fused-ring (bicyclic) bond motifs is 1. The third-order valence-corrected chi connectivity index (χ3v) is 10.9. The van der Waals surface area contributed by atoms with Crippen LogP contribution < -0.4 is 9.60 Å². The molecule has 0 unspecified atom stereocenters. The Morgan fingerprint density at radius 2 is 1.54 bits per heavy atom. The average Bonchev–Trinajstić information content (AvgIpc) is 3.20. The lowest BCUT2D eigenvalue weighted by atomic mass is 10.2. The van der Waals surface area contributed by atoms with E-state index in [2.05, 4.69) is 4.72 Å². The van der Waals surface area contributed by atoms with E-state index in [0.29, 0.717) is 28.3 Å². The molecule has 0 saturated carbocycles. The molecule has 37 heavy (non-hydrogen) atoms. The number of rotatable bonds is 7. The van der Waals surface area contributed by atoms with Gasteiger partial charge in [-0.25, -0.2) is 16.8 Å². The summed E-state index contributed by atoms with van der Waals surface area (Å²) in [5.41, 5.74) is 1.64. The van der Waals surface area contributed by atoms with Crippen LogP contribution in [-0.2, 0) is 26.6 Å². The summed E-state index contributed by atoms with van der Waals surface area (Å²) in [6.07, 6.45) is 2.68. The Hall–Kier alpha value is -2.70. The molecule has 8 nitrogen and oxygen atoms in total. The molecule has 12 heteroatoms. The van der Waals surface area contributed by atoms with Crippen molar-refractivity contribution in [2.24, 2.45) is 0 Å². The zero-order chi connectivity index (χ0) is 26.2. The first-order valence-electron chi connectivity index (χ1n) is 11.6. The highest BCUT2D eigenvalue weighted by Gasteiger charge is 2.26. The van der Waals surface area contributed by atoms with Crippen molar-refractivity contribution >= 4 is 58.9 Å². The molecule has 1 N–H and O–H groups in total. The van der Waals surface area contributed by atoms with Gasteiger partial charge in [-0.15, -0.1) is 0 Å². The summed E-state index contributed by atoms with van der Waals surface area (Å²) in [6.45, 7) is 1.26. The third kappa shape index (κ3) is 5.32. The minimum atomic E-state index is -3.98. The molecule has 0 aliphatic carbocycles. The molecule has 1 aliphatic heterocycles. The fourth-order valence-corrected chi connectivity index (χ4v) is 8.13. The first-order chi connectivity index (χ1) is 17.6. The average molecular weight is 578 g/mol. The SMILES string of the molecule is O=c1sc2cc(S(=O)(=O)Nc3ccc(S(=O)(=O)N4CCCCC4)cc3)ccc2n1Cc1ccccc1Cl. The number of nitrogens with one attached hydrogen (secondary N) is 1. The van der Waals surface area contributed by atoms with Crippen molar-refractivity contribution < 1.29 is 16.8 Å². The smallest absolute Gasteiger partial charge is 0.294 e. The molecule has 194 valence electrons. The maximum atomic E-state index is 13.1. The quantitative estimate of drug-likeness (QED) is 0.341. The van der Waals surface area contributed by atoms with Crippen molar-refractivity contribution in [3.05, 3.63) is 87.0 Å². The van der Waals surface area contributed by atoms with Crippen LogP contribution in [0.3, 0.4) is 0 Å². The van der Waals surface area contributed by atoms with Gasteiger partial charge in [-0.1, -0.05) is 47.6 Å². The van der Waals surface area contributed by atoms with Crippen LogP contribution in [0.15, 0.2) is 81.3 Å². The maximum absolute atomic E-state index is 13.1. The Bertz CT molecular complexity index is 1720. The summed E-state index contributed by atoms with van der Waals surface area (Å²) >= 11 is 7.20. The summed E-state index contributed by atoms with van der Waals surface area (Å²) in [4.78, 5) is 12.6. The molecule has 0 bridgehead atoms. The topological polar surface area (TPSA) is 106 Å². The van der Waals surface area contributed by atoms with Crippen LogP contribution in [0.25, 0.3) is 10.2 Å². The zero-order valence-corrected chi connectivity index (χ0v) is 22.8. The van der Waals surface area contributed by atoms with Crippen LogP contribution >= 0.6 is 22.9 Å². The number of piperidine rings is 1. The number of sulfonamides is 2. The van der Waals surface area contributed by atoms with Gasteiger partial charge in [0, 0.05) is 23.8 Å². The van der Waals surface area contributed by atoms with Crippen LogP contribution in [0.2, 0.25) is 5.02 Å². The number of hydrogen-bond donors (Lipinski definition) is 1. The van der Waals surface area contributed by atoms with E-state index >= 15 is 0 Å². The van der Waals surface area contributed by atoms with Gasteiger partial charge in [-0.2, -0.15) is 4.31 Å². The van der Waals surface area contributed by atoms with Gasteiger partial charge >= 0.3 is 4.87 Å². The standard InChI is InChI=1S/C25H24ClN3O5S3/c26-22-7-3-2-6-18(22)17-29-23-13-12-21(16-24(23)35-25(29)30)36(31,32)27-19-8-10-20(11-9-19)37(33,34)28-14-4-1-5-15-28/h2-3,6-13,16,27H,1,4-5,14-15,17H2. The monoisotopic (exact) mass is 577 g/mol. The Balaban J connectivity index is 1.37. The minimum Gasteiger partial charge on any atom is -0.294 e. The molecule has 0 radical (unpaired) electrons. The Morgan fingerprint density at radius 3 is 2.24 bits per heavy atom. The highest BCUT2D eigenvalue weighted by molar-refractivity contribution is 7.92. The molecular weight excluding hydrogens is 554 g/mol. The summed E-state index contributed by atoms with van der Waals surface area (Å²) < 4.78 is 57.9. The summed E-state index contributed by atoms with van der Waals surface area (Å²) in [5, 5.41) is 0.548. The van der Waals surface area contributed by atoms with E-state index < -0.39 is 20.0 Å². The normalized spacial score (nSPS) is 15.2. The van der Waals surface area contributed by atoms with Gasteiger partial charge in [-0.3, -0.25) is 14.1 Å². The molecule has 0 amide bonds. The van der Waals surface area contributed by atoms with Crippen LogP contribution in [0, 0.1) is 0 Å². The second-order valence-corrected chi connectivity index (χ2v) is 13.8. The lowest BCUT2D eigenvalue weighted by molar-refractivity contribution is 0.346. The van der Waals surface area contributed by atoms with E-state index in [1.807, 2.05) is 18.2 Å². The second-order valence-electron chi connectivity index (χ2n) is 8.77. The molecule has 5 rings (SSSR count). The van der Waals surface area contributed by atoms with Gasteiger partial charge in [0.15, 0.2) is 0 Å². The van der Waals surface area contributed by atoms with E-state index in [4.69, 9.17) is 11.6 Å². The van der Waals surface area contributed by atoms with E-state index in [9.17, 15) is 21.6 Å². The summed E-state index contributed by atoms with van der Waals surface area (Å²) in [5.74, 6) is 0. The molecule has 3 aromatic carbocycles. The van der Waals surface area contributed by atoms with Crippen molar-refractivity contribution in [2.75, 3.05) is 17.8 Å². The van der Waals surface area contributed by atoms with E-state index in [1.165, 1.54) is 40.7 Å². The minimum absolute atomic E-state index is 0.00356. The van der Waals surface area contributed by atoms with Crippen LogP contribution in [0.4, 0.5) is 5.69 Å². The van der Waals surface area contributed by atoms with Crippen molar-refractivity contribution in [3.8, 4) is 0 Å². The number of benzene rings is 3. The Kier molecular flexibility index (Phi) is 7.16. The van der Waals surface area contributed by atoms with Crippen molar-refractivity contribution in [3.63, 3.8) is 0 Å². The number of nitrogens with zero attached hydrogens (tertiary/aromatic N) is 2. The highest BCUT2D eigenvalue weighted by Crippen LogP contribution is 2.27. The number of aromatic nitrogens is 1. The predicted molar refractivity (Wildman–Crippen MR) is 146 cm³/mol. The fourth-order valence-electron chi connectivity index (χ4n) is 4.32. The summed E-state index contributed by atoms with van der Waals surface area (Å²) in [7, 11) is -7.59. The van der Waals surface area contributed by atoms with Crippen LogP contribution in [0.1, 0.15) is 24.8 Å². The fraction of sp³-hybridized carbons (Fsp3) is 0.240. The number of anilines is 1. The summed E-state index contributed by atoms with van der Waals surface area (Å²) in [6, 6.07) is 17.4. The molecule has 1 saturated heterocycles. The Labute approximate surface area is 224 Å². The predicted octanol–water partition coefficient (Wildman–Crippen LogP) is 4.74. The number of hydrogen-bond acceptors (Lipinski definition) is 6. The van der Waals surface area contributed by atoms with Crippen LogP contribution in [-0.4, -0.2) is 38.8 Å². The number of thiazole rings is 1. The lowest BCUT2D eigenvalue weighted by Gasteiger charge is -2.25. The third-order valence-electron chi connectivity index (χ3n) is 6.30. The molecule has 1 fully saturated rings. The second kappa shape index (κ2) is 10.2. The van der Waals surface area contributed by atoms with Crippen LogP contribution in [0.5, 0.6) is 0 Å².